The highest BCUT2D eigenvalue weighted by Crippen LogP contribution is 2.36. The maximum atomic E-state index is 8.71. The van der Waals surface area contributed by atoms with Crippen LogP contribution >= 0.6 is 0 Å². The van der Waals surface area contributed by atoms with E-state index in [-0.39, 0.29) is 44.5 Å². The van der Waals surface area contributed by atoms with E-state index in [1.807, 2.05) is 94.9 Å². The van der Waals surface area contributed by atoms with Gasteiger partial charge in [0.15, 0.2) is 24.8 Å². The van der Waals surface area contributed by atoms with Crippen LogP contribution in [0.2, 0.25) is 0 Å². The fourth-order valence-corrected chi connectivity index (χ4v) is 11.9. The first-order valence-corrected chi connectivity index (χ1v) is 32.0. The normalized spacial score (nSPS) is 15.9. The highest BCUT2D eigenvalue weighted by molar-refractivity contribution is 5.79. The molecule has 0 atom stereocenters. The minimum absolute atomic E-state index is 0.00694. The topological polar surface area (TPSA) is 15.5 Å². The van der Waals surface area contributed by atoms with Crippen LogP contribution < -0.4 is 18.3 Å². The molecule has 12 rings (SSSR count). The zero-order valence-corrected chi connectivity index (χ0v) is 58.1. The van der Waals surface area contributed by atoms with Gasteiger partial charge in [-0.25, -0.2) is 18.3 Å². The summed E-state index contributed by atoms with van der Waals surface area (Å²) in [5.41, 5.74) is 19.8. The van der Waals surface area contributed by atoms with Gasteiger partial charge in [-0.3, -0.25) is 0 Å². The summed E-state index contributed by atoms with van der Waals surface area (Å²) < 4.78 is 224. The molecule has 0 amide bonds. The summed E-state index contributed by atoms with van der Waals surface area (Å²) in [6, 6.07) is 38.2. The third-order valence-corrected chi connectivity index (χ3v) is 17.1. The number of hydrogen-bond donors (Lipinski definition) is 0. The van der Waals surface area contributed by atoms with Gasteiger partial charge in [-0.05, 0) is 244 Å². The molecule has 96 heavy (non-hydrogen) atoms. The van der Waals surface area contributed by atoms with Crippen molar-refractivity contribution in [2.45, 2.75) is 130 Å². The number of aromatic nitrogens is 4. The lowest BCUT2D eigenvalue weighted by molar-refractivity contribution is -0.661. The highest BCUT2D eigenvalue weighted by Gasteiger charge is 2.23. The molecule has 0 unspecified atom stereocenters. The molecule has 8 aromatic carbocycles. The second-order valence-electron chi connectivity index (χ2n) is 25.7. The molecule has 4 heterocycles. The zero-order valence-electron chi connectivity index (χ0n) is 85.1. The summed E-state index contributed by atoms with van der Waals surface area (Å²) >= 11 is 0. The summed E-state index contributed by atoms with van der Waals surface area (Å²) in [5.74, 6) is 0. The van der Waals surface area contributed by atoms with Gasteiger partial charge in [0.05, 0.1) is 13.7 Å². The highest BCUT2D eigenvalue weighted by atomic mass is 14.9. The minimum Gasteiger partial charge on any atom is -0.201 e. The minimum atomic E-state index is -2.61. The van der Waals surface area contributed by atoms with Crippen LogP contribution in [0.1, 0.15) is 148 Å². The number of nitrogens with zero attached hydrogens (tertiary/aromatic N) is 4. The van der Waals surface area contributed by atoms with Gasteiger partial charge in [0.2, 0.25) is 22.8 Å². The van der Waals surface area contributed by atoms with Crippen LogP contribution in [0.4, 0.5) is 0 Å². The van der Waals surface area contributed by atoms with E-state index >= 15 is 0 Å². The molecule has 0 aliphatic carbocycles. The van der Waals surface area contributed by atoms with Crippen LogP contribution in [0, 0.1) is 95.1 Å². The van der Waals surface area contributed by atoms with E-state index in [4.69, 9.17) is 37.0 Å². The van der Waals surface area contributed by atoms with E-state index < -0.39 is 106 Å². The first-order valence-electron chi connectivity index (χ1n) is 45.5. The number of rotatable bonds is 10. The second kappa shape index (κ2) is 30.8. The van der Waals surface area contributed by atoms with Crippen molar-refractivity contribution in [1.29, 1.82) is 0 Å². The molecule has 0 radical (unpaired) electrons. The average molecular weight is 1290 g/mol. The third-order valence-electron chi connectivity index (χ3n) is 17.1. The smallest absolute Gasteiger partial charge is 0.201 e. The molecule has 0 saturated heterocycles. The summed E-state index contributed by atoms with van der Waals surface area (Å²) in [6.07, 6.45) is 6.68. The Morgan fingerprint density at radius 1 is 0.323 bits per heavy atom. The number of pyridine rings is 4. The summed E-state index contributed by atoms with van der Waals surface area (Å²) in [6.45, 7) is 11.5. The quantitative estimate of drug-likeness (QED) is 0.121. The third kappa shape index (κ3) is 16.9. The van der Waals surface area contributed by atoms with Crippen LogP contribution in [0.3, 0.4) is 0 Å². The molecule has 0 saturated carbocycles. The van der Waals surface area contributed by atoms with Crippen molar-refractivity contribution >= 4 is 0 Å². The summed E-state index contributed by atoms with van der Waals surface area (Å²) in [4.78, 5) is 0. The Bertz CT molecular complexity index is 5990. The van der Waals surface area contributed by atoms with Crippen molar-refractivity contribution in [1.82, 2.24) is 0 Å². The fraction of sp³-hybridized carbons (Fsp3) is 0.261. The van der Waals surface area contributed by atoms with Gasteiger partial charge in [0, 0.05) is 92.1 Å². The summed E-state index contributed by atoms with van der Waals surface area (Å²) in [7, 11) is 7.39. The van der Waals surface area contributed by atoms with Crippen LogP contribution in [0.25, 0.3) is 89.5 Å². The molecule has 0 aliphatic heterocycles. The van der Waals surface area contributed by atoms with Crippen molar-refractivity contribution in [2.24, 2.45) is 33.6 Å². The Labute approximate surface area is 614 Å². The van der Waals surface area contributed by atoms with Crippen LogP contribution in [0.5, 0.6) is 0 Å². The van der Waals surface area contributed by atoms with E-state index in [0.717, 1.165) is 34.4 Å². The maximum absolute atomic E-state index is 8.71. The van der Waals surface area contributed by atoms with Crippen molar-refractivity contribution in [3.05, 3.63) is 308 Å². The number of hydrogen-bond acceptors (Lipinski definition) is 0. The Balaban J connectivity index is 0.000000187. The Morgan fingerprint density at radius 3 is 1.08 bits per heavy atom. The van der Waals surface area contributed by atoms with Crippen LogP contribution in [-0.4, -0.2) is 0 Å². The van der Waals surface area contributed by atoms with Gasteiger partial charge in [-0.15, -0.1) is 0 Å². The molecule has 4 aromatic heterocycles. The predicted octanol–water partition coefficient (Wildman–Crippen LogP) is 21.5. The lowest BCUT2D eigenvalue weighted by Gasteiger charge is -2.19. The van der Waals surface area contributed by atoms with E-state index in [0.29, 0.717) is 55.9 Å². The molecule has 4 heteroatoms. The van der Waals surface area contributed by atoms with Gasteiger partial charge < -0.3 is 0 Å². The molecule has 12 aromatic rings. The van der Waals surface area contributed by atoms with Crippen molar-refractivity contribution in [2.75, 3.05) is 0 Å². The largest absolute Gasteiger partial charge is 0.212 e. The molecule has 0 aliphatic rings. The van der Waals surface area contributed by atoms with Gasteiger partial charge in [-0.1, -0.05) is 173 Å². The molecule has 488 valence electrons. The number of aryl methyl sites for hydroxylation is 18. The Morgan fingerprint density at radius 2 is 0.677 bits per heavy atom. The molecule has 0 N–H and O–H groups in total. The molecular weight excluding hydrogens is 1160 g/mol. The van der Waals surface area contributed by atoms with Gasteiger partial charge in [0.1, 0.15) is 28.2 Å². The first kappa shape index (κ1) is 42.7. The van der Waals surface area contributed by atoms with Gasteiger partial charge in [-0.2, -0.15) is 0 Å². The van der Waals surface area contributed by atoms with Gasteiger partial charge >= 0.3 is 0 Å². The standard InChI is InChI=1S/C26H32N.C23H26N.C22H24N.C21H22N/c1-18-14-25(27(7)17-22(18)16-26(4,5)6)24-15-23(19(2)13-20(24)3)21-11-9-8-10-12-21;1-6-19-15-24(5)23(13-16(19)2)22-14-21(17(3)12-18(22)4)20-10-8-7-9-11-20;1-15-12-22(23(5)14-18(15)4)21-13-20(16(2)11-17(21)3)19-9-7-6-8-10-19;1-15-10-11-21(22(4)14-15)20-13-19(16(2)12-17(20)3)18-8-6-5-7-9-18/h8-15,17H,16H2,1-7H3;7-15H,6H2,1-5H3;6-14H,1-5H3;5-14H,1-4H3/q4*+1/i2D3,16D2;;2D3,4D3,6D,7D,8D,9D,10D;1D3,2D3,5D,6D,7D,8D,9D. The van der Waals surface area contributed by atoms with Gasteiger partial charge in [0.25, 0.3) is 0 Å². The molecule has 4 nitrogen and oxygen atoms in total. The Hall–Kier alpha value is -9.64. The first-order chi connectivity index (χ1) is 56.7. The summed E-state index contributed by atoms with van der Waals surface area (Å²) in [5, 5.41) is 0. The van der Waals surface area contributed by atoms with Crippen molar-refractivity contribution in [3.63, 3.8) is 0 Å². The maximum Gasteiger partial charge on any atom is 0.212 e. The molecular formula is C92H104N4+4. The fourth-order valence-electron chi connectivity index (χ4n) is 11.9. The molecule has 0 fully saturated rings. The van der Waals surface area contributed by atoms with Crippen LogP contribution in [-0.2, 0) is 41.0 Å². The monoisotopic (exact) mass is 1290 g/mol. The van der Waals surface area contributed by atoms with Crippen molar-refractivity contribution in [3.8, 4) is 89.5 Å². The molecule has 0 bridgehead atoms. The van der Waals surface area contributed by atoms with Crippen LogP contribution in [0.15, 0.2) is 225 Å². The van der Waals surface area contributed by atoms with Crippen molar-refractivity contribution < 1.29 is 55.3 Å². The van der Waals surface area contributed by atoms with E-state index in [1.165, 1.54) is 87.4 Å². The number of benzene rings is 8. The predicted molar refractivity (Wildman–Crippen MR) is 408 cm³/mol. The lowest BCUT2D eigenvalue weighted by Crippen LogP contribution is -2.32. The second-order valence-corrected chi connectivity index (χ2v) is 25.7. The van der Waals surface area contributed by atoms with E-state index in [9.17, 15) is 0 Å². The molecule has 0 spiro atoms. The lowest BCUT2D eigenvalue weighted by atomic mass is 9.86. The SMILES string of the molecule is CCc1c[n+](C)c(-c2cc(-c3ccccc3)c(C)cc2C)cc1C.[2H]C([2H])([2H])c1cc(C)c(-c2cc(C)c(C([2H])([2H])C(C)(C)C)c[n+]2C)cc1-c1ccccc1.[2H]c1c([2H])c([2H])c(-c2cc(-c3cc(C)c(C([2H])([2H])[2H])c[n+]3C)c(C)cc2C([2H])([2H])[2H])c([2H])c1[2H].[2H]c1c([2H])c([2H])c(-c2cc(-c3ccc(C([2H])([2H])[2H])c[n+]3C)c(C)cc2C([2H])([2H])[2H])c([2H])c1[2H]. The Kier molecular flexibility index (Phi) is 13.7. The zero-order chi connectivity index (χ0) is 92.3. The van der Waals surface area contributed by atoms with E-state index in [2.05, 4.69) is 94.0 Å². The van der Waals surface area contributed by atoms with E-state index in [1.54, 1.807) is 62.2 Å². The average Bonchev–Trinajstić information content (AvgIpc) is 0.843.